The van der Waals surface area contributed by atoms with E-state index in [0.717, 1.165) is 41.4 Å². The van der Waals surface area contributed by atoms with Crippen LogP contribution in [0.5, 0.6) is 5.75 Å². The highest BCUT2D eigenvalue weighted by atomic mass is 16.5. The van der Waals surface area contributed by atoms with Gasteiger partial charge in [-0.3, -0.25) is 4.99 Å². The summed E-state index contributed by atoms with van der Waals surface area (Å²) >= 11 is 0. The molecule has 1 saturated carbocycles. The van der Waals surface area contributed by atoms with Gasteiger partial charge in [0.15, 0.2) is 0 Å². The molecule has 0 aromatic heterocycles. The molecule has 0 saturated heterocycles. The number of hydrogen-bond acceptors (Lipinski definition) is 5. The van der Waals surface area contributed by atoms with Crippen LogP contribution in [0.15, 0.2) is 40.0 Å². The van der Waals surface area contributed by atoms with Crippen LogP contribution in [-0.4, -0.2) is 32.2 Å². The summed E-state index contributed by atoms with van der Waals surface area (Å²) in [6.45, 7) is 2.19. The fourth-order valence-electron chi connectivity index (χ4n) is 4.87. The van der Waals surface area contributed by atoms with Crippen molar-refractivity contribution in [2.45, 2.75) is 37.6 Å². The van der Waals surface area contributed by atoms with Gasteiger partial charge in [0.05, 0.1) is 24.3 Å². The summed E-state index contributed by atoms with van der Waals surface area (Å²) in [4.78, 5) is 9.21. The minimum atomic E-state index is 0.0752. The van der Waals surface area contributed by atoms with Gasteiger partial charge in [0.2, 0.25) is 0 Å². The molecule has 2 atom stereocenters. The Hall–Kier alpha value is -2.56. The number of hydrogen-bond donors (Lipinski definition) is 2. The van der Waals surface area contributed by atoms with Crippen LogP contribution in [0.2, 0.25) is 0 Å². The van der Waals surface area contributed by atoms with E-state index in [1.165, 1.54) is 17.6 Å². The lowest BCUT2D eigenvalue weighted by Gasteiger charge is -2.40. The Balaban J connectivity index is 1.64. The molecule has 2 N–H and O–H groups in total. The number of ether oxygens (including phenoxy) is 1. The third kappa shape index (κ3) is 1.91. The standard InChI is InChI=1S/C21H24N4O/c1-12-13-5-8-23-11-17(13)24-19(12)14-9-16-15(10-18(14)26-3)21(6-4-7-21)20(22-2)25-16/h5,8-11,13,17,24H,4,6-7H2,1-3H3,(H,22,25). The first-order valence-electron chi connectivity index (χ1n) is 9.35. The van der Waals surface area contributed by atoms with Crippen LogP contribution in [0, 0.1) is 5.92 Å². The Kier molecular flexibility index (Phi) is 3.30. The Labute approximate surface area is 154 Å². The Morgan fingerprint density at radius 3 is 2.81 bits per heavy atom. The lowest BCUT2D eigenvalue weighted by molar-refractivity contribution is 0.338. The predicted octanol–water partition coefficient (Wildman–Crippen LogP) is 3.30. The fraction of sp³-hybridized carbons (Fsp3) is 0.429. The zero-order valence-electron chi connectivity index (χ0n) is 15.5. The van der Waals surface area contributed by atoms with E-state index in [2.05, 4.69) is 40.8 Å². The van der Waals surface area contributed by atoms with Crippen molar-refractivity contribution in [3.63, 3.8) is 0 Å². The number of likely N-dealkylation sites (N-methyl/N-ethyl adjacent to an activating group) is 1. The minimum absolute atomic E-state index is 0.0752. The minimum Gasteiger partial charge on any atom is -0.496 e. The molecule has 1 aliphatic carbocycles. The molecule has 4 aliphatic rings. The lowest BCUT2D eigenvalue weighted by atomic mass is 9.64. The van der Waals surface area contributed by atoms with E-state index in [9.17, 15) is 0 Å². The first kappa shape index (κ1) is 15.7. The molecule has 1 spiro atoms. The third-order valence-electron chi connectivity index (χ3n) is 6.45. The van der Waals surface area contributed by atoms with Gasteiger partial charge in [0.1, 0.15) is 11.6 Å². The van der Waals surface area contributed by atoms with Gasteiger partial charge in [-0.1, -0.05) is 12.5 Å². The number of nitrogens with zero attached hydrogens (tertiary/aromatic N) is 2. The van der Waals surface area contributed by atoms with Crippen LogP contribution >= 0.6 is 0 Å². The van der Waals surface area contributed by atoms with Crippen LogP contribution in [0.3, 0.4) is 0 Å². The van der Waals surface area contributed by atoms with Crippen LogP contribution in [0.4, 0.5) is 5.69 Å². The van der Waals surface area contributed by atoms with Crippen molar-refractivity contribution in [3.8, 4) is 5.75 Å². The van der Waals surface area contributed by atoms with Crippen LogP contribution in [-0.2, 0) is 5.41 Å². The summed E-state index contributed by atoms with van der Waals surface area (Å²) in [6.07, 6.45) is 9.62. The Bertz CT molecular complexity index is 905. The van der Waals surface area contributed by atoms with E-state index in [0.29, 0.717) is 5.92 Å². The van der Waals surface area contributed by atoms with Gasteiger partial charge in [0.25, 0.3) is 0 Å². The number of nitrogens with one attached hydrogen (secondary N) is 2. The second-order valence-electron chi connectivity index (χ2n) is 7.61. The lowest BCUT2D eigenvalue weighted by Crippen LogP contribution is -2.45. The van der Waals surface area contributed by atoms with E-state index in [1.807, 2.05) is 19.5 Å². The van der Waals surface area contributed by atoms with Crippen LogP contribution in [0.25, 0.3) is 5.70 Å². The number of rotatable bonds is 2. The van der Waals surface area contributed by atoms with E-state index < -0.39 is 0 Å². The van der Waals surface area contributed by atoms with Crippen molar-refractivity contribution in [2.75, 3.05) is 14.2 Å². The third-order valence-corrected chi connectivity index (χ3v) is 6.45. The Morgan fingerprint density at radius 1 is 1.31 bits per heavy atom. The molecule has 5 nitrogen and oxygen atoms in total. The molecule has 3 heterocycles. The summed E-state index contributed by atoms with van der Waals surface area (Å²) in [5.41, 5.74) is 6.02. The number of fused-ring (bicyclic) bond motifs is 3. The summed E-state index contributed by atoms with van der Waals surface area (Å²) < 4.78 is 5.82. The maximum Gasteiger partial charge on any atom is 0.128 e. The van der Waals surface area contributed by atoms with Gasteiger partial charge in [-0.25, -0.2) is 4.99 Å². The monoisotopic (exact) mass is 348 g/mol. The van der Waals surface area contributed by atoms with Crippen molar-refractivity contribution in [2.24, 2.45) is 15.9 Å². The maximum atomic E-state index is 5.82. The molecule has 0 radical (unpaired) electrons. The molecule has 26 heavy (non-hydrogen) atoms. The molecule has 2 unspecified atom stereocenters. The SMILES string of the molecule is CNC1=Nc2cc(C3=C(C)C4C=CN=CC4N3)c(OC)cc2C12CCC2. The van der Waals surface area contributed by atoms with Crippen LogP contribution < -0.4 is 15.4 Å². The average Bonchev–Trinajstić information content (AvgIpc) is 3.15. The van der Waals surface area contributed by atoms with Gasteiger partial charge in [0, 0.05) is 36.6 Å². The predicted molar refractivity (Wildman–Crippen MR) is 105 cm³/mol. The zero-order chi connectivity index (χ0) is 17.9. The molecule has 0 amide bonds. The van der Waals surface area contributed by atoms with Gasteiger partial charge >= 0.3 is 0 Å². The van der Waals surface area contributed by atoms with Crippen molar-refractivity contribution in [1.82, 2.24) is 10.6 Å². The maximum absolute atomic E-state index is 5.82. The number of amidine groups is 1. The second-order valence-corrected chi connectivity index (χ2v) is 7.61. The summed E-state index contributed by atoms with van der Waals surface area (Å²) in [6, 6.07) is 4.64. The molecule has 1 fully saturated rings. The quantitative estimate of drug-likeness (QED) is 0.862. The molecule has 5 rings (SSSR count). The molecule has 5 heteroatoms. The average molecular weight is 348 g/mol. The Morgan fingerprint density at radius 2 is 2.15 bits per heavy atom. The summed E-state index contributed by atoms with van der Waals surface area (Å²) in [5, 5.41) is 6.97. The molecule has 134 valence electrons. The van der Waals surface area contributed by atoms with Crippen molar-refractivity contribution in [1.29, 1.82) is 0 Å². The molecule has 3 aliphatic heterocycles. The van der Waals surface area contributed by atoms with Crippen LogP contribution in [0.1, 0.15) is 37.3 Å². The largest absolute Gasteiger partial charge is 0.496 e. The van der Waals surface area contributed by atoms with Gasteiger partial charge in [-0.15, -0.1) is 0 Å². The van der Waals surface area contributed by atoms with Crippen molar-refractivity contribution >= 4 is 23.4 Å². The highest BCUT2D eigenvalue weighted by Gasteiger charge is 2.48. The van der Waals surface area contributed by atoms with Gasteiger partial charge in [-0.2, -0.15) is 0 Å². The number of methoxy groups -OCH3 is 1. The van der Waals surface area contributed by atoms with Gasteiger partial charge in [-0.05, 0) is 43.0 Å². The molecular formula is C21H24N4O. The fourth-order valence-corrected chi connectivity index (χ4v) is 4.87. The number of benzene rings is 1. The highest BCUT2D eigenvalue weighted by molar-refractivity contribution is 6.02. The van der Waals surface area contributed by atoms with Gasteiger partial charge < -0.3 is 15.4 Å². The molecule has 0 bridgehead atoms. The van der Waals surface area contributed by atoms with E-state index in [4.69, 9.17) is 9.73 Å². The smallest absolute Gasteiger partial charge is 0.128 e. The first-order valence-corrected chi connectivity index (χ1v) is 9.35. The number of aliphatic imine (C=N–C) groups is 2. The first-order chi connectivity index (χ1) is 12.7. The van der Waals surface area contributed by atoms with Crippen molar-refractivity contribution in [3.05, 3.63) is 41.1 Å². The highest BCUT2D eigenvalue weighted by Crippen LogP contribution is 2.54. The summed E-state index contributed by atoms with van der Waals surface area (Å²) in [7, 11) is 3.73. The van der Waals surface area contributed by atoms with E-state index in [1.54, 1.807) is 7.11 Å². The van der Waals surface area contributed by atoms with Crippen molar-refractivity contribution < 1.29 is 4.74 Å². The second kappa shape index (κ2) is 5.47. The topological polar surface area (TPSA) is 58.0 Å². The molecule has 1 aromatic carbocycles. The molecular weight excluding hydrogens is 324 g/mol. The zero-order valence-corrected chi connectivity index (χ0v) is 15.5. The summed E-state index contributed by atoms with van der Waals surface area (Å²) in [5.74, 6) is 2.38. The normalized spacial score (nSPS) is 27.0. The van der Waals surface area contributed by atoms with E-state index in [-0.39, 0.29) is 11.5 Å². The molecule has 1 aromatic rings. The van der Waals surface area contributed by atoms with E-state index >= 15 is 0 Å².